The van der Waals surface area contributed by atoms with E-state index < -0.39 is 117 Å². The molecular formula is C27H40O17. The van der Waals surface area contributed by atoms with Crippen LogP contribution in [0.2, 0.25) is 0 Å². The van der Waals surface area contributed by atoms with Crippen LogP contribution in [-0.4, -0.2) is 149 Å². The largest absolute Gasteiger partial charge is 0.479 e. The highest BCUT2D eigenvalue weighted by molar-refractivity contribution is 5.88. The van der Waals surface area contributed by atoms with Crippen molar-refractivity contribution in [1.82, 2.24) is 0 Å². The zero-order chi connectivity index (χ0) is 32.9. The second kappa shape index (κ2) is 15.2. The van der Waals surface area contributed by atoms with Crippen LogP contribution in [0.3, 0.4) is 0 Å². The lowest BCUT2D eigenvalue weighted by molar-refractivity contribution is -0.334. The first-order chi connectivity index (χ1) is 20.7. The van der Waals surface area contributed by atoms with Gasteiger partial charge in [0.2, 0.25) is 11.9 Å². The molecule has 17 heteroatoms. The summed E-state index contributed by atoms with van der Waals surface area (Å²) in [5.41, 5.74) is -2.35. The fourth-order valence-electron chi connectivity index (χ4n) is 4.88. The average molecular weight is 637 g/mol. The van der Waals surface area contributed by atoms with Crippen molar-refractivity contribution >= 4 is 11.9 Å². The maximum Gasteiger partial charge on any atom is 0.342 e. The van der Waals surface area contributed by atoms with E-state index in [1.807, 2.05) is 0 Å². The van der Waals surface area contributed by atoms with Crippen molar-refractivity contribution in [3.05, 3.63) is 29.8 Å². The maximum absolute atomic E-state index is 13.5. The van der Waals surface area contributed by atoms with Crippen LogP contribution >= 0.6 is 0 Å². The molecule has 2 heterocycles. The molecule has 2 saturated heterocycles. The Balaban J connectivity index is 1.77. The van der Waals surface area contributed by atoms with Gasteiger partial charge in [0, 0.05) is 0 Å². The number of hydrogen-bond donors (Lipinski definition) is 10. The van der Waals surface area contributed by atoms with Gasteiger partial charge in [-0.05, 0) is 30.0 Å². The minimum Gasteiger partial charge on any atom is -0.479 e. The van der Waals surface area contributed by atoms with Crippen LogP contribution in [0.5, 0.6) is 5.75 Å². The van der Waals surface area contributed by atoms with Crippen molar-refractivity contribution < 1.29 is 84.3 Å². The Labute approximate surface area is 251 Å². The highest BCUT2D eigenvalue weighted by Gasteiger charge is 2.56. The minimum absolute atomic E-state index is 0.116. The van der Waals surface area contributed by atoms with Gasteiger partial charge in [-0.15, -0.1) is 0 Å². The second-order valence-corrected chi connectivity index (χ2v) is 11.1. The predicted molar refractivity (Wildman–Crippen MR) is 141 cm³/mol. The number of hydrogen-bond acceptors (Lipinski definition) is 16. The first-order valence-electron chi connectivity index (χ1n) is 13.8. The SMILES string of the molecule is CC(C)CC(O[C@@H]1O[C@H](CO)[C@@H](O)[C@H](O)[C@H]1O)(C(=O)OCc1ccc(O[C@@H]2O[C@H](CO)[C@@H](O)[C@H](O)[C@H]2O)cc1)C(O)C(=O)O. The smallest absolute Gasteiger partial charge is 0.342 e. The molecule has 0 aromatic heterocycles. The predicted octanol–water partition coefficient (Wildman–Crippen LogP) is -4.04. The maximum atomic E-state index is 13.5. The number of ether oxygens (including phenoxy) is 5. The molecule has 3 rings (SSSR count). The summed E-state index contributed by atoms with van der Waals surface area (Å²) < 4.78 is 27.0. The van der Waals surface area contributed by atoms with Gasteiger partial charge in [0.15, 0.2) is 12.4 Å². The van der Waals surface area contributed by atoms with Crippen molar-refractivity contribution in [2.24, 2.45) is 5.92 Å². The number of benzene rings is 1. The van der Waals surface area contributed by atoms with E-state index in [1.54, 1.807) is 13.8 Å². The van der Waals surface area contributed by atoms with Crippen molar-refractivity contribution in [2.75, 3.05) is 13.2 Å². The van der Waals surface area contributed by atoms with Crippen LogP contribution in [0.25, 0.3) is 0 Å². The first-order valence-corrected chi connectivity index (χ1v) is 13.8. The number of carboxylic acids is 1. The van der Waals surface area contributed by atoms with E-state index >= 15 is 0 Å². The Bertz CT molecular complexity index is 1080. The van der Waals surface area contributed by atoms with Gasteiger partial charge in [-0.2, -0.15) is 0 Å². The molecule has 2 aliphatic heterocycles. The number of aliphatic hydroxyl groups excluding tert-OH is 9. The summed E-state index contributed by atoms with van der Waals surface area (Å²) in [5, 5.41) is 99.8. The van der Waals surface area contributed by atoms with Crippen molar-refractivity contribution in [2.45, 2.75) is 100.0 Å². The number of esters is 1. The van der Waals surface area contributed by atoms with Crippen LogP contribution in [0.4, 0.5) is 0 Å². The minimum atomic E-state index is -2.68. The molecule has 17 nitrogen and oxygen atoms in total. The molecule has 1 aromatic rings. The number of carbonyl (C=O) groups is 2. The van der Waals surface area contributed by atoms with E-state index in [0.29, 0.717) is 5.56 Å². The molecule has 2 unspecified atom stereocenters. The molecular weight excluding hydrogens is 596 g/mol. The summed E-state index contributed by atoms with van der Waals surface area (Å²) in [7, 11) is 0. The lowest BCUT2D eigenvalue weighted by Crippen LogP contribution is -2.65. The topological polar surface area (TPSA) is 283 Å². The van der Waals surface area contributed by atoms with Crippen LogP contribution in [0.1, 0.15) is 25.8 Å². The molecule has 250 valence electrons. The Morgan fingerprint density at radius 2 is 1.32 bits per heavy atom. The molecule has 44 heavy (non-hydrogen) atoms. The monoisotopic (exact) mass is 636 g/mol. The average Bonchev–Trinajstić information content (AvgIpc) is 2.99. The van der Waals surface area contributed by atoms with E-state index in [0.717, 1.165) is 0 Å². The number of rotatable bonds is 13. The van der Waals surface area contributed by atoms with E-state index in [1.165, 1.54) is 24.3 Å². The van der Waals surface area contributed by atoms with Gasteiger partial charge in [-0.3, -0.25) is 0 Å². The molecule has 0 saturated carbocycles. The van der Waals surface area contributed by atoms with E-state index in [2.05, 4.69) is 0 Å². The Kier molecular flexibility index (Phi) is 12.4. The summed E-state index contributed by atoms with van der Waals surface area (Å²) in [6, 6.07) is 5.59. The lowest BCUT2D eigenvalue weighted by atomic mass is 9.86. The summed E-state index contributed by atoms with van der Waals surface area (Å²) in [4.78, 5) is 25.4. The molecule has 0 bridgehead atoms. The fourth-order valence-corrected chi connectivity index (χ4v) is 4.88. The fraction of sp³-hybridized carbons (Fsp3) is 0.704. The number of carboxylic acid groups (broad SMARTS) is 1. The highest BCUT2D eigenvalue weighted by atomic mass is 16.7. The molecule has 2 aliphatic rings. The van der Waals surface area contributed by atoms with Crippen LogP contribution in [0, 0.1) is 5.92 Å². The van der Waals surface area contributed by atoms with Gasteiger partial charge in [-0.1, -0.05) is 26.0 Å². The molecule has 0 amide bonds. The molecule has 12 atom stereocenters. The van der Waals surface area contributed by atoms with Crippen LogP contribution in [0.15, 0.2) is 24.3 Å². The number of aliphatic carboxylic acids is 1. The molecule has 2 fully saturated rings. The highest BCUT2D eigenvalue weighted by Crippen LogP contribution is 2.34. The molecule has 10 N–H and O–H groups in total. The normalized spacial score (nSPS) is 34.6. The molecule has 0 spiro atoms. The quantitative estimate of drug-likeness (QED) is 0.0922. The summed E-state index contributed by atoms with van der Waals surface area (Å²) >= 11 is 0. The second-order valence-electron chi connectivity index (χ2n) is 11.1. The standard InChI is InChI=1S/C27H40O17/c1-11(2)7-27(22(36)23(37)38,44-25-21(35)19(33)17(31)15(9-29)43-25)26(39)40-10-12-3-5-13(6-4-12)41-24-20(34)18(32)16(30)14(8-28)42-24/h3-6,11,14-22,24-25,28-36H,7-10H2,1-2H3,(H,37,38)/t14-,15-,16-,17-,18+,19+,20-,21-,22?,24-,25+,27?/m1/s1. The van der Waals surface area contributed by atoms with Crippen LogP contribution < -0.4 is 4.74 Å². The van der Waals surface area contributed by atoms with E-state index in [-0.39, 0.29) is 5.75 Å². The zero-order valence-electron chi connectivity index (χ0n) is 23.9. The van der Waals surface area contributed by atoms with Gasteiger partial charge < -0.3 is 74.7 Å². The third-order valence-corrected chi connectivity index (χ3v) is 7.30. The molecule has 0 radical (unpaired) electrons. The third kappa shape index (κ3) is 7.82. The van der Waals surface area contributed by atoms with Gasteiger partial charge in [-0.25, -0.2) is 9.59 Å². The Morgan fingerprint density at radius 3 is 1.80 bits per heavy atom. The van der Waals surface area contributed by atoms with Gasteiger partial charge >= 0.3 is 11.9 Å². The van der Waals surface area contributed by atoms with Crippen molar-refractivity contribution in [1.29, 1.82) is 0 Å². The lowest BCUT2D eigenvalue weighted by Gasteiger charge is -2.44. The van der Waals surface area contributed by atoms with Crippen molar-refractivity contribution in [3.63, 3.8) is 0 Å². The summed E-state index contributed by atoms with van der Waals surface area (Å²) in [6.45, 7) is 1.21. The van der Waals surface area contributed by atoms with E-state index in [4.69, 9.17) is 23.7 Å². The molecule has 0 aliphatic carbocycles. The Hall–Kier alpha value is -2.52. The van der Waals surface area contributed by atoms with Gasteiger partial charge in [0.1, 0.15) is 61.2 Å². The third-order valence-electron chi connectivity index (χ3n) is 7.30. The van der Waals surface area contributed by atoms with E-state index in [9.17, 15) is 60.7 Å². The van der Waals surface area contributed by atoms with Gasteiger partial charge in [0.05, 0.1) is 13.2 Å². The zero-order valence-corrected chi connectivity index (χ0v) is 23.9. The summed E-state index contributed by atoms with van der Waals surface area (Å²) in [6.07, 6.45) is -19.6. The first kappa shape index (κ1) is 36.0. The Morgan fingerprint density at radius 1 is 0.818 bits per heavy atom. The number of carbonyl (C=O) groups excluding carboxylic acids is 1. The summed E-state index contributed by atoms with van der Waals surface area (Å²) in [5.74, 6) is -3.62. The number of aliphatic hydroxyl groups is 9. The van der Waals surface area contributed by atoms with Crippen LogP contribution in [-0.2, 0) is 35.1 Å². The van der Waals surface area contributed by atoms with Crippen molar-refractivity contribution in [3.8, 4) is 5.75 Å². The molecule has 1 aromatic carbocycles. The van der Waals surface area contributed by atoms with Gasteiger partial charge in [0.25, 0.3) is 0 Å².